The first-order valence-electron chi connectivity index (χ1n) is 3.87. The van der Waals surface area contributed by atoms with Crippen molar-refractivity contribution in [1.29, 1.82) is 0 Å². The van der Waals surface area contributed by atoms with Crippen molar-refractivity contribution in [2.75, 3.05) is 0 Å². The van der Waals surface area contributed by atoms with Crippen LogP contribution in [0.25, 0.3) is 11.5 Å². The molecular formula is C8H9N3OS. The minimum atomic E-state index is 0.312. The lowest BCUT2D eigenvalue weighted by molar-refractivity contribution is 0.423. The summed E-state index contributed by atoms with van der Waals surface area (Å²) in [6, 6.07) is 0. The highest BCUT2D eigenvalue weighted by atomic mass is 32.1. The third-order valence-electron chi connectivity index (χ3n) is 1.74. The van der Waals surface area contributed by atoms with Crippen LogP contribution in [-0.4, -0.2) is 10.1 Å². The van der Waals surface area contributed by atoms with Crippen molar-refractivity contribution in [2.45, 2.75) is 13.5 Å². The van der Waals surface area contributed by atoms with E-state index < -0.39 is 0 Å². The molecule has 0 aliphatic rings. The Hall–Kier alpha value is -1.20. The Morgan fingerprint density at radius 3 is 2.92 bits per heavy atom. The molecule has 0 fully saturated rings. The van der Waals surface area contributed by atoms with Gasteiger partial charge in [0.15, 0.2) is 5.82 Å². The molecular weight excluding hydrogens is 186 g/mol. The van der Waals surface area contributed by atoms with Crippen LogP contribution < -0.4 is 5.73 Å². The van der Waals surface area contributed by atoms with Gasteiger partial charge in [0.1, 0.15) is 0 Å². The Bertz CT molecular complexity index is 407. The molecule has 5 heteroatoms. The van der Waals surface area contributed by atoms with Crippen LogP contribution in [0.15, 0.2) is 15.3 Å². The van der Waals surface area contributed by atoms with Crippen molar-refractivity contribution in [1.82, 2.24) is 10.1 Å². The zero-order chi connectivity index (χ0) is 9.26. The quantitative estimate of drug-likeness (QED) is 0.789. The summed E-state index contributed by atoms with van der Waals surface area (Å²) in [6.07, 6.45) is 0. The Morgan fingerprint density at radius 1 is 1.54 bits per heavy atom. The summed E-state index contributed by atoms with van der Waals surface area (Å²) in [6.45, 7) is 2.32. The van der Waals surface area contributed by atoms with Gasteiger partial charge in [0.2, 0.25) is 0 Å². The van der Waals surface area contributed by atoms with Gasteiger partial charge in [0, 0.05) is 5.38 Å². The fraction of sp³-hybridized carbons (Fsp3) is 0.250. The highest BCUT2D eigenvalue weighted by Crippen LogP contribution is 2.24. The number of aryl methyl sites for hydroxylation is 1. The van der Waals surface area contributed by atoms with E-state index in [1.165, 1.54) is 0 Å². The van der Waals surface area contributed by atoms with E-state index in [2.05, 4.69) is 10.1 Å². The molecule has 2 aromatic heterocycles. The Labute approximate surface area is 79.4 Å². The Kier molecular flexibility index (Phi) is 2.12. The number of aromatic nitrogens is 2. The monoisotopic (exact) mass is 195 g/mol. The summed E-state index contributed by atoms with van der Waals surface area (Å²) in [5.74, 6) is 1.10. The molecule has 68 valence electrons. The zero-order valence-electron chi connectivity index (χ0n) is 7.15. The standard InChI is InChI=1S/C8H9N3OS/c1-5-3-13-4-6(5)8-10-7(2-9)11-12-8/h3-4H,2,9H2,1H3. The summed E-state index contributed by atoms with van der Waals surface area (Å²) in [5, 5.41) is 7.76. The first kappa shape index (κ1) is 8.40. The van der Waals surface area contributed by atoms with Crippen LogP contribution in [0.2, 0.25) is 0 Å². The lowest BCUT2D eigenvalue weighted by atomic mass is 10.2. The smallest absolute Gasteiger partial charge is 0.259 e. The van der Waals surface area contributed by atoms with Crippen molar-refractivity contribution in [3.63, 3.8) is 0 Å². The molecule has 2 N–H and O–H groups in total. The number of hydrogen-bond donors (Lipinski definition) is 1. The molecule has 2 rings (SSSR count). The molecule has 0 saturated heterocycles. The second-order valence-electron chi connectivity index (χ2n) is 2.69. The summed E-state index contributed by atoms with van der Waals surface area (Å²) < 4.78 is 5.05. The molecule has 0 bridgehead atoms. The third kappa shape index (κ3) is 1.48. The highest BCUT2D eigenvalue weighted by molar-refractivity contribution is 7.08. The van der Waals surface area contributed by atoms with E-state index in [-0.39, 0.29) is 0 Å². The van der Waals surface area contributed by atoms with Crippen LogP contribution in [0.5, 0.6) is 0 Å². The molecule has 0 atom stereocenters. The van der Waals surface area contributed by atoms with Gasteiger partial charge in [0.25, 0.3) is 5.89 Å². The summed E-state index contributed by atoms with van der Waals surface area (Å²) in [7, 11) is 0. The fourth-order valence-corrected chi connectivity index (χ4v) is 1.85. The average Bonchev–Trinajstić information content (AvgIpc) is 2.71. The van der Waals surface area contributed by atoms with Gasteiger partial charge in [-0.3, -0.25) is 0 Å². The SMILES string of the molecule is Cc1cscc1-c1nc(CN)no1. The third-order valence-corrected chi connectivity index (χ3v) is 2.60. The van der Waals surface area contributed by atoms with Crippen LogP contribution in [0.3, 0.4) is 0 Å². The second-order valence-corrected chi connectivity index (χ2v) is 3.43. The number of hydrogen-bond acceptors (Lipinski definition) is 5. The van der Waals surface area contributed by atoms with Gasteiger partial charge in [-0.15, -0.1) is 0 Å². The largest absolute Gasteiger partial charge is 0.334 e. The van der Waals surface area contributed by atoms with Crippen molar-refractivity contribution < 1.29 is 4.52 Å². The van der Waals surface area contributed by atoms with Crippen LogP contribution >= 0.6 is 11.3 Å². The maximum atomic E-state index is 5.37. The molecule has 2 heterocycles. The molecule has 0 saturated carbocycles. The molecule has 0 unspecified atom stereocenters. The van der Waals surface area contributed by atoms with E-state index in [4.69, 9.17) is 10.3 Å². The average molecular weight is 195 g/mol. The van der Waals surface area contributed by atoms with Crippen molar-refractivity contribution in [2.24, 2.45) is 5.73 Å². The number of thiophene rings is 1. The summed E-state index contributed by atoms with van der Waals surface area (Å²) >= 11 is 1.62. The predicted molar refractivity (Wildman–Crippen MR) is 50.2 cm³/mol. The lowest BCUT2D eigenvalue weighted by Gasteiger charge is -1.88. The van der Waals surface area contributed by atoms with E-state index in [1.54, 1.807) is 11.3 Å². The van der Waals surface area contributed by atoms with Gasteiger partial charge in [-0.2, -0.15) is 16.3 Å². The highest BCUT2D eigenvalue weighted by Gasteiger charge is 2.10. The van der Waals surface area contributed by atoms with E-state index in [1.807, 2.05) is 17.7 Å². The maximum Gasteiger partial charge on any atom is 0.259 e. The van der Waals surface area contributed by atoms with Crippen molar-refractivity contribution >= 4 is 11.3 Å². The first-order chi connectivity index (χ1) is 6.31. The van der Waals surface area contributed by atoms with Crippen LogP contribution in [-0.2, 0) is 6.54 Å². The molecule has 0 amide bonds. The van der Waals surface area contributed by atoms with E-state index in [0.29, 0.717) is 18.3 Å². The molecule has 4 nitrogen and oxygen atoms in total. The van der Waals surface area contributed by atoms with Gasteiger partial charge in [-0.25, -0.2) is 0 Å². The van der Waals surface area contributed by atoms with Gasteiger partial charge in [-0.05, 0) is 17.9 Å². The topological polar surface area (TPSA) is 64.9 Å². The lowest BCUT2D eigenvalue weighted by Crippen LogP contribution is -1.97. The maximum absolute atomic E-state index is 5.37. The number of nitrogens with zero attached hydrogens (tertiary/aromatic N) is 2. The van der Waals surface area contributed by atoms with E-state index in [9.17, 15) is 0 Å². The Morgan fingerprint density at radius 2 is 2.38 bits per heavy atom. The molecule has 0 aromatic carbocycles. The summed E-state index contributed by atoms with van der Waals surface area (Å²) in [5.41, 5.74) is 7.52. The van der Waals surface area contributed by atoms with E-state index >= 15 is 0 Å². The van der Waals surface area contributed by atoms with Crippen molar-refractivity contribution in [3.05, 3.63) is 22.1 Å². The molecule has 13 heavy (non-hydrogen) atoms. The Balaban J connectivity index is 2.41. The van der Waals surface area contributed by atoms with Crippen LogP contribution in [0.1, 0.15) is 11.4 Å². The number of nitrogens with two attached hydrogens (primary N) is 1. The second kappa shape index (κ2) is 3.27. The predicted octanol–water partition coefficient (Wildman–Crippen LogP) is 1.57. The molecule has 2 aromatic rings. The van der Waals surface area contributed by atoms with Crippen LogP contribution in [0, 0.1) is 6.92 Å². The van der Waals surface area contributed by atoms with Gasteiger partial charge < -0.3 is 10.3 Å². The fourth-order valence-electron chi connectivity index (χ4n) is 1.03. The molecule has 0 spiro atoms. The molecule has 0 aliphatic heterocycles. The van der Waals surface area contributed by atoms with Crippen molar-refractivity contribution in [3.8, 4) is 11.5 Å². The number of rotatable bonds is 2. The van der Waals surface area contributed by atoms with E-state index in [0.717, 1.165) is 11.1 Å². The van der Waals surface area contributed by atoms with Gasteiger partial charge in [0.05, 0.1) is 12.1 Å². The molecule has 0 aliphatic carbocycles. The van der Waals surface area contributed by atoms with Gasteiger partial charge in [-0.1, -0.05) is 5.16 Å². The first-order valence-corrected chi connectivity index (χ1v) is 4.81. The van der Waals surface area contributed by atoms with Gasteiger partial charge >= 0.3 is 0 Å². The molecule has 0 radical (unpaired) electrons. The summed E-state index contributed by atoms with van der Waals surface area (Å²) in [4.78, 5) is 4.14. The normalized spacial score (nSPS) is 10.6. The minimum Gasteiger partial charge on any atom is -0.334 e. The zero-order valence-corrected chi connectivity index (χ0v) is 7.97. The minimum absolute atomic E-state index is 0.312. The van der Waals surface area contributed by atoms with Crippen LogP contribution in [0.4, 0.5) is 0 Å².